The minimum absolute atomic E-state index is 0.806. The van der Waals surface area contributed by atoms with Gasteiger partial charge in [0.15, 0.2) is 0 Å². The van der Waals surface area contributed by atoms with Gasteiger partial charge in [-0.05, 0) is 50.1 Å². The van der Waals surface area contributed by atoms with Crippen LogP contribution < -0.4 is 0 Å². The molecule has 0 atom stereocenters. The highest BCUT2D eigenvalue weighted by molar-refractivity contribution is 5.96. The van der Waals surface area contributed by atoms with Crippen LogP contribution in [0, 0.1) is 6.92 Å². The molecule has 0 radical (unpaired) electrons. The number of hydrogen-bond donors (Lipinski definition) is 1. The lowest BCUT2D eigenvalue weighted by atomic mass is 9.93. The van der Waals surface area contributed by atoms with Crippen molar-refractivity contribution in [3.63, 3.8) is 0 Å². The van der Waals surface area contributed by atoms with Gasteiger partial charge in [-0.15, -0.1) is 0 Å². The van der Waals surface area contributed by atoms with Crippen LogP contribution in [0.15, 0.2) is 48.9 Å². The van der Waals surface area contributed by atoms with Crippen LogP contribution >= 0.6 is 0 Å². The topological polar surface area (TPSA) is 46.0 Å². The molecule has 1 N–H and O–H groups in total. The van der Waals surface area contributed by atoms with E-state index in [2.05, 4.69) is 29.0 Å². The molecule has 0 bridgehead atoms. The number of benzene rings is 1. The Morgan fingerprint density at radius 3 is 2.67 bits per heavy atom. The van der Waals surface area contributed by atoms with Gasteiger partial charge in [0.25, 0.3) is 0 Å². The monoisotopic (exact) mass is 278 g/mol. The first kappa shape index (κ1) is 13.7. The highest BCUT2D eigenvalue weighted by Crippen LogP contribution is 2.32. The summed E-state index contributed by atoms with van der Waals surface area (Å²) in [5, 5.41) is 11.3. The molecule has 0 saturated carbocycles. The standard InChI is InChI=1S/C18H18N2O/c1-12-6-7-16-15(5-4-8-20-16)17(12)13-9-14(11-19-10-13)18(2,3)21/h4-11,21H,1-3H3. The molecular formula is C18H18N2O. The van der Waals surface area contributed by atoms with Gasteiger partial charge in [0, 0.05) is 35.1 Å². The Morgan fingerprint density at radius 2 is 1.90 bits per heavy atom. The molecular weight excluding hydrogens is 260 g/mol. The number of rotatable bonds is 2. The molecule has 2 aromatic heterocycles. The number of fused-ring (bicyclic) bond motifs is 1. The highest BCUT2D eigenvalue weighted by atomic mass is 16.3. The van der Waals surface area contributed by atoms with Crippen LogP contribution in [0.3, 0.4) is 0 Å². The Labute approximate surface area is 124 Å². The first-order valence-electron chi connectivity index (χ1n) is 6.99. The van der Waals surface area contributed by atoms with Crippen molar-refractivity contribution in [2.24, 2.45) is 0 Å². The van der Waals surface area contributed by atoms with E-state index in [0.717, 1.165) is 27.6 Å². The Morgan fingerprint density at radius 1 is 1.10 bits per heavy atom. The number of aliphatic hydroxyl groups is 1. The maximum atomic E-state index is 10.2. The van der Waals surface area contributed by atoms with Crippen LogP contribution in [0.5, 0.6) is 0 Å². The molecule has 3 nitrogen and oxygen atoms in total. The van der Waals surface area contributed by atoms with Crippen molar-refractivity contribution < 1.29 is 5.11 Å². The van der Waals surface area contributed by atoms with Gasteiger partial charge in [-0.1, -0.05) is 12.1 Å². The first-order chi connectivity index (χ1) is 9.97. The zero-order valence-corrected chi connectivity index (χ0v) is 12.5. The van der Waals surface area contributed by atoms with Gasteiger partial charge in [0.1, 0.15) is 0 Å². The van der Waals surface area contributed by atoms with Gasteiger partial charge in [0.05, 0.1) is 11.1 Å². The Kier molecular flexibility index (Phi) is 3.22. The lowest BCUT2D eigenvalue weighted by molar-refractivity contribution is 0.0783. The fourth-order valence-corrected chi connectivity index (χ4v) is 2.56. The zero-order valence-electron chi connectivity index (χ0n) is 12.5. The van der Waals surface area contributed by atoms with Crippen LogP contribution in [0.4, 0.5) is 0 Å². The third-order valence-corrected chi connectivity index (χ3v) is 3.73. The minimum atomic E-state index is -0.903. The SMILES string of the molecule is Cc1ccc2ncccc2c1-c1cncc(C(C)(C)O)c1. The fraction of sp³-hybridized carbons (Fsp3) is 0.222. The van der Waals surface area contributed by atoms with Gasteiger partial charge in [-0.25, -0.2) is 0 Å². The molecule has 0 spiro atoms. The van der Waals surface area contributed by atoms with Crippen LogP contribution in [-0.4, -0.2) is 15.1 Å². The van der Waals surface area contributed by atoms with Crippen LogP contribution in [0.2, 0.25) is 0 Å². The predicted octanol–water partition coefficient (Wildman–Crippen LogP) is 3.83. The quantitative estimate of drug-likeness (QED) is 0.775. The number of pyridine rings is 2. The molecule has 2 heterocycles. The van der Waals surface area contributed by atoms with Crippen molar-refractivity contribution in [1.29, 1.82) is 0 Å². The highest BCUT2D eigenvalue weighted by Gasteiger charge is 2.18. The summed E-state index contributed by atoms with van der Waals surface area (Å²) >= 11 is 0. The molecule has 3 heteroatoms. The fourth-order valence-electron chi connectivity index (χ4n) is 2.56. The number of aromatic nitrogens is 2. The number of hydrogen-bond acceptors (Lipinski definition) is 3. The summed E-state index contributed by atoms with van der Waals surface area (Å²) in [5.74, 6) is 0. The van der Waals surface area contributed by atoms with E-state index in [0.29, 0.717) is 0 Å². The predicted molar refractivity (Wildman–Crippen MR) is 85.0 cm³/mol. The Balaban J connectivity index is 2.28. The normalized spacial score (nSPS) is 11.8. The maximum Gasteiger partial charge on any atom is 0.0855 e. The molecule has 106 valence electrons. The van der Waals surface area contributed by atoms with E-state index < -0.39 is 5.60 Å². The first-order valence-corrected chi connectivity index (χ1v) is 6.99. The van der Waals surface area contributed by atoms with Gasteiger partial charge >= 0.3 is 0 Å². The molecule has 0 saturated heterocycles. The van der Waals surface area contributed by atoms with E-state index in [1.54, 1.807) is 26.2 Å². The second kappa shape index (κ2) is 4.93. The lowest BCUT2D eigenvalue weighted by Crippen LogP contribution is -2.15. The third kappa shape index (κ3) is 2.52. The maximum absolute atomic E-state index is 10.2. The average Bonchev–Trinajstić information content (AvgIpc) is 2.46. The van der Waals surface area contributed by atoms with Crippen molar-refractivity contribution in [3.8, 4) is 11.1 Å². The van der Waals surface area contributed by atoms with Gasteiger partial charge in [-0.2, -0.15) is 0 Å². The second-order valence-electron chi connectivity index (χ2n) is 5.85. The second-order valence-corrected chi connectivity index (χ2v) is 5.85. The minimum Gasteiger partial charge on any atom is -0.386 e. The smallest absolute Gasteiger partial charge is 0.0855 e. The molecule has 21 heavy (non-hydrogen) atoms. The molecule has 3 aromatic rings. The molecule has 1 aromatic carbocycles. The average molecular weight is 278 g/mol. The lowest BCUT2D eigenvalue weighted by Gasteiger charge is -2.19. The molecule has 0 aliphatic heterocycles. The summed E-state index contributed by atoms with van der Waals surface area (Å²) in [7, 11) is 0. The van der Waals surface area contributed by atoms with E-state index in [-0.39, 0.29) is 0 Å². The summed E-state index contributed by atoms with van der Waals surface area (Å²) < 4.78 is 0. The summed E-state index contributed by atoms with van der Waals surface area (Å²) in [4.78, 5) is 8.70. The van der Waals surface area contributed by atoms with Crippen LogP contribution in [0.25, 0.3) is 22.0 Å². The van der Waals surface area contributed by atoms with E-state index in [1.807, 2.05) is 24.4 Å². The summed E-state index contributed by atoms with van der Waals surface area (Å²) in [6.45, 7) is 5.62. The zero-order chi connectivity index (χ0) is 15.0. The van der Waals surface area contributed by atoms with Crippen molar-refractivity contribution in [3.05, 3.63) is 60.0 Å². The van der Waals surface area contributed by atoms with E-state index >= 15 is 0 Å². The number of aryl methyl sites for hydroxylation is 1. The van der Waals surface area contributed by atoms with E-state index in [1.165, 1.54) is 5.56 Å². The largest absolute Gasteiger partial charge is 0.386 e. The molecule has 3 rings (SSSR count). The van der Waals surface area contributed by atoms with Crippen molar-refractivity contribution in [2.75, 3.05) is 0 Å². The number of nitrogens with zero attached hydrogens (tertiary/aromatic N) is 2. The van der Waals surface area contributed by atoms with Crippen LogP contribution in [0.1, 0.15) is 25.0 Å². The van der Waals surface area contributed by atoms with Crippen molar-refractivity contribution in [1.82, 2.24) is 9.97 Å². The van der Waals surface area contributed by atoms with Crippen molar-refractivity contribution >= 4 is 10.9 Å². The van der Waals surface area contributed by atoms with Gasteiger partial charge in [0.2, 0.25) is 0 Å². The van der Waals surface area contributed by atoms with Crippen molar-refractivity contribution in [2.45, 2.75) is 26.4 Å². The van der Waals surface area contributed by atoms with E-state index in [9.17, 15) is 5.11 Å². The van der Waals surface area contributed by atoms with Crippen LogP contribution in [-0.2, 0) is 5.60 Å². The van der Waals surface area contributed by atoms with Gasteiger partial charge < -0.3 is 5.11 Å². The third-order valence-electron chi connectivity index (χ3n) is 3.73. The molecule has 0 fully saturated rings. The summed E-state index contributed by atoms with van der Waals surface area (Å²) in [5.41, 5.74) is 4.17. The Hall–Kier alpha value is -2.26. The molecule has 0 aliphatic rings. The van der Waals surface area contributed by atoms with Gasteiger partial charge in [-0.3, -0.25) is 9.97 Å². The molecule has 0 unspecified atom stereocenters. The molecule has 0 aliphatic carbocycles. The Bertz CT molecular complexity index is 804. The molecule has 0 amide bonds. The van der Waals surface area contributed by atoms with E-state index in [4.69, 9.17) is 0 Å². The summed E-state index contributed by atoms with van der Waals surface area (Å²) in [6, 6.07) is 10.1. The summed E-state index contributed by atoms with van der Waals surface area (Å²) in [6.07, 6.45) is 5.35.